The fourth-order valence-corrected chi connectivity index (χ4v) is 6.50. The van der Waals surface area contributed by atoms with E-state index in [1.165, 1.54) is 154 Å². The molecule has 1 unspecified atom stereocenters. The second-order valence-electron chi connectivity index (χ2n) is 11.9. The third kappa shape index (κ3) is 28.7. The molecule has 0 amide bonds. The molecule has 0 aromatic rings. The first kappa shape index (κ1) is 36.9. The van der Waals surface area contributed by atoms with Crippen molar-refractivity contribution in [3.63, 3.8) is 0 Å². The van der Waals surface area contributed by atoms with E-state index in [1.54, 1.807) is 0 Å². The van der Waals surface area contributed by atoms with Crippen LogP contribution in [-0.2, 0) is 10.1 Å². The van der Waals surface area contributed by atoms with Gasteiger partial charge in [-0.15, -0.1) is 0 Å². The van der Waals surface area contributed by atoms with Gasteiger partial charge in [-0.25, -0.2) is 0 Å². The lowest BCUT2D eigenvalue weighted by Crippen LogP contribution is -2.20. The number of hydrogen-bond acceptors (Lipinski definition) is 2. The first-order valence-corrected chi connectivity index (χ1v) is 18.5. The minimum atomic E-state index is -3.90. The van der Waals surface area contributed by atoms with Crippen molar-refractivity contribution in [2.45, 2.75) is 212 Å². The van der Waals surface area contributed by atoms with Crippen molar-refractivity contribution in [2.24, 2.45) is 0 Å². The van der Waals surface area contributed by atoms with Crippen molar-refractivity contribution in [3.8, 4) is 0 Å². The lowest BCUT2D eigenvalue weighted by atomic mass is 10.0. The molecule has 4 heteroatoms. The number of hydrogen-bond donors (Lipinski definition) is 1. The highest BCUT2D eigenvalue weighted by Crippen LogP contribution is 2.20. The first-order valence-electron chi connectivity index (χ1n) is 17.0. The van der Waals surface area contributed by atoms with Gasteiger partial charge in [-0.05, 0) is 12.8 Å². The van der Waals surface area contributed by atoms with Gasteiger partial charge in [0.25, 0.3) is 10.1 Å². The van der Waals surface area contributed by atoms with E-state index < -0.39 is 15.4 Å². The fourth-order valence-electron chi connectivity index (χ4n) is 5.58. The molecule has 0 aliphatic rings. The largest absolute Gasteiger partial charge is 0.285 e. The number of rotatable bonds is 31. The van der Waals surface area contributed by atoms with Crippen LogP contribution in [0.3, 0.4) is 0 Å². The SMILES string of the molecule is CCCCCCCCCCCCCCCCCCCCCC(CCCCCCCCCCC)S(=O)(=O)O. The van der Waals surface area contributed by atoms with Crippen molar-refractivity contribution >= 4 is 10.1 Å². The highest BCUT2D eigenvalue weighted by Gasteiger charge is 2.21. The Kier molecular flexibility index (Phi) is 28.8. The van der Waals surface area contributed by atoms with E-state index in [1.807, 2.05) is 0 Å². The summed E-state index contributed by atoms with van der Waals surface area (Å²) in [5.41, 5.74) is 0. The van der Waals surface area contributed by atoms with Gasteiger partial charge in [0, 0.05) is 0 Å². The Bertz CT molecular complexity index is 532. The Morgan fingerprint density at radius 2 is 0.568 bits per heavy atom. The van der Waals surface area contributed by atoms with Crippen LogP contribution in [0.5, 0.6) is 0 Å². The molecule has 0 aliphatic heterocycles. The van der Waals surface area contributed by atoms with Crippen LogP contribution in [0.2, 0.25) is 0 Å². The highest BCUT2D eigenvalue weighted by atomic mass is 32.2. The van der Waals surface area contributed by atoms with Crippen LogP contribution in [0, 0.1) is 0 Å². The Balaban J connectivity index is 3.47. The molecule has 224 valence electrons. The molecule has 0 heterocycles. The maximum atomic E-state index is 11.8. The topological polar surface area (TPSA) is 54.4 Å². The molecule has 0 rings (SSSR count). The van der Waals surface area contributed by atoms with Gasteiger partial charge in [-0.3, -0.25) is 4.55 Å². The van der Waals surface area contributed by atoms with Gasteiger partial charge in [-0.1, -0.05) is 194 Å². The van der Waals surface area contributed by atoms with Gasteiger partial charge in [0.15, 0.2) is 0 Å². The first-order chi connectivity index (χ1) is 18.0. The predicted octanol–water partition coefficient (Wildman–Crippen LogP) is 12.0. The molecule has 0 saturated carbocycles. The van der Waals surface area contributed by atoms with Gasteiger partial charge >= 0.3 is 0 Å². The Morgan fingerprint density at radius 1 is 0.378 bits per heavy atom. The van der Waals surface area contributed by atoms with E-state index in [2.05, 4.69) is 13.8 Å². The molecule has 0 bridgehead atoms. The monoisotopic (exact) mass is 544 g/mol. The summed E-state index contributed by atoms with van der Waals surface area (Å²) in [6.45, 7) is 4.53. The van der Waals surface area contributed by atoms with Crippen LogP contribution in [0.15, 0.2) is 0 Å². The van der Waals surface area contributed by atoms with Gasteiger partial charge in [0.2, 0.25) is 0 Å². The molecule has 37 heavy (non-hydrogen) atoms. The summed E-state index contributed by atoms with van der Waals surface area (Å²) in [5.74, 6) is 0. The maximum Gasteiger partial charge on any atom is 0.267 e. The summed E-state index contributed by atoms with van der Waals surface area (Å²) in [5, 5.41) is -0.539. The molecule has 0 aliphatic carbocycles. The predicted molar refractivity (Wildman–Crippen MR) is 165 cm³/mol. The van der Waals surface area contributed by atoms with Crippen LogP contribution in [0.1, 0.15) is 206 Å². The molecule has 0 spiro atoms. The molecular formula is C33H68O3S. The molecule has 0 fully saturated rings. The average Bonchev–Trinajstić information content (AvgIpc) is 2.87. The molecule has 0 aromatic heterocycles. The van der Waals surface area contributed by atoms with E-state index in [0.717, 1.165) is 25.7 Å². The van der Waals surface area contributed by atoms with E-state index in [4.69, 9.17) is 0 Å². The van der Waals surface area contributed by atoms with Crippen molar-refractivity contribution in [1.29, 1.82) is 0 Å². The zero-order valence-electron chi connectivity index (χ0n) is 25.5. The highest BCUT2D eigenvalue weighted by molar-refractivity contribution is 7.86. The zero-order valence-corrected chi connectivity index (χ0v) is 26.3. The van der Waals surface area contributed by atoms with Gasteiger partial charge < -0.3 is 0 Å². The van der Waals surface area contributed by atoms with Crippen LogP contribution >= 0.6 is 0 Å². The summed E-state index contributed by atoms with van der Waals surface area (Å²) in [4.78, 5) is 0. The van der Waals surface area contributed by atoms with Gasteiger partial charge in [-0.2, -0.15) is 8.42 Å². The Hall–Kier alpha value is -0.0900. The lowest BCUT2D eigenvalue weighted by molar-refractivity contribution is 0.442. The Morgan fingerprint density at radius 3 is 0.757 bits per heavy atom. The molecule has 0 saturated heterocycles. The third-order valence-electron chi connectivity index (χ3n) is 8.18. The summed E-state index contributed by atoms with van der Waals surface area (Å²) in [6.07, 6.45) is 38.0. The molecule has 1 N–H and O–H groups in total. The van der Waals surface area contributed by atoms with Crippen molar-refractivity contribution in [2.75, 3.05) is 0 Å². The van der Waals surface area contributed by atoms with E-state index in [9.17, 15) is 13.0 Å². The minimum absolute atomic E-state index is 0.539. The van der Waals surface area contributed by atoms with Gasteiger partial charge in [0.05, 0.1) is 5.25 Å². The summed E-state index contributed by atoms with van der Waals surface area (Å²) >= 11 is 0. The van der Waals surface area contributed by atoms with E-state index in [0.29, 0.717) is 12.8 Å². The minimum Gasteiger partial charge on any atom is -0.285 e. The van der Waals surface area contributed by atoms with Gasteiger partial charge in [0.1, 0.15) is 0 Å². The summed E-state index contributed by atoms with van der Waals surface area (Å²) in [7, 11) is -3.90. The molecule has 0 aromatic carbocycles. The normalized spacial score (nSPS) is 12.8. The second kappa shape index (κ2) is 28.9. The zero-order chi connectivity index (χ0) is 27.3. The van der Waals surface area contributed by atoms with Crippen LogP contribution in [0.4, 0.5) is 0 Å². The van der Waals surface area contributed by atoms with Crippen LogP contribution in [-0.4, -0.2) is 18.2 Å². The van der Waals surface area contributed by atoms with Crippen LogP contribution < -0.4 is 0 Å². The third-order valence-corrected chi connectivity index (χ3v) is 9.49. The van der Waals surface area contributed by atoms with Crippen molar-refractivity contribution in [1.82, 2.24) is 0 Å². The standard InChI is InChI=1S/C33H68O3S/c1-3-5-7-9-11-13-14-15-16-17-18-19-20-21-22-24-26-28-30-32-33(37(34,35)36)31-29-27-25-23-12-10-8-6-4-2/h33H,3-32H2,1-2H3,(H,34,35,36). The number of unbranched alkanes of at least 4 members (excludes halogenated alkanes) is 26. The molecule has 0 radical (unpaired) electrons. The maximum absolute atomic E-state index is 11.8. The smallest absolute Gasteiger partial charge is 0.267 e. The molecular weight excluding hydrogens is 476 g/mol. The average molecular weight is 545 g/mol. The van der Waals surface area contributed by atoms with E-state index >= 15 is 0 Å². The fraction of sp³-hybridized carbons (Fsp3) is 1.00. The van der Waals surface area contributed by atoms with Crippen molar-refractivity contribution < 1.29 is 13.0 Å². The van der Waals surface area contributed by atoms with Crippen molar-refractivity contribution in [3.05, 3.63) is 0 Å². The lowest BCUT2D eigenvalue weighted by Gasteiger charge is -2.13. The quantitative estimate of drug-likeness (QED) is 0.0697. The van der Waals surface area contributed by atoms with Crippen LogP contribution in [0.25, 0.3) is 0 Å². The molecule has 3 nitrogen and oxygen atoms in total. The van der Waals surface area contributed by atoms with E-state index in [-0.39, 0.29) is 0 Å². The molecule has 1 atom stereocenters. The second-order valence-corrected chi connectivity index (χ2v) is 13.6. The Labute approximate surface area is 234 Å². The summed E-state index contributed by atoms with van der Waals surface area (Å²) in [6, 6.07) is 0. The summed E-state index contributed by atoms with van der Waals surface area (Å²) < 4.78 is 33.2.